The van der Waals surface area contributed by atoms with Gasteiger partial charge in [0.15, 0.2) is 0 Å². The fourth-order valence-electron chi connectivity index (χ4n) is 3.08. The average Bonchev–Trinajstić information content (AvgIpc) is 2.72. The van der Waals surface area contributed by atoms with E-state index in [2.05, 4.69) is 36.5 Å². The number of amides is 2. The molecule has 156 valence electrons. The molecule has 0 heterocycles. The molecule has 29 heavy (non-hydrogen) atoms. The van der Waals surface area contributed by atoms with Crippen LogP contribution in [0.5, 0.6) is 0 Å². The first kappa shape index (κ1) is 23.2. The van der Waals surface area contributed by atoms with Crippen molar-refractivity contribution in [1.29, 1.82) is 0 Å². The van der Waals surface area contributed by atoms with Gasteiger partial charge in [0.1, 0.15) is 6.04 Å². The second-order valence-corrected chi connectivity index (χ2v) is 7.83. The van der Waals surface area contributed by atoms with Crippen LogP contribution in [0.3, 0.4) is 0 Å². The lowest BCUT2D eigenvalue weighted by Gasteiger charge is -2.29. The van der Waals surface area contributed by atoms with Crippen molar-refractivity contribution in [2.24, 2.45) is 0 Å². The van der Waals surface area contributed by atoms with Crippen LogP contribution in [-0.4, -0.2) is 29.3 Å². The number of rotatable bonds is 9. The zero-order chi connectivity index (χ0) is 21.4. The molecule has 0 aliphatic rings. The van der Waals surface area contributed by atoms with Gasteiger partial charge in [-0.3, -0.25) is 9.59 Å². The highest BCUT2D eigenvalue weighted by molar-refractivity contribution is 6.42. The summed E-state index contributed by atoms with van der Waals surface area (Å²) in [5.74, 6) is -0.248. The predicted octanol–water partition coefficient (Wildman–Crippen LogP) is 5.04. The van der Waals surface area contributed by atoms with Crippen LogP contribution in [0.4, 0.5) is 0 Å². The van der Waals surface area contributed by atoms with Gasteiger partial charge in [0.2, 0.25) is 11.8 Å². The van der Waals surface area contributed by atoms with Crippen LogP contribution in [0.1, 0.15) is 43.9 Å². The topological polar surface area (TPSA) is 49.4 Å². The van der Waals surface area contributed by atoms with Crippen molar-refractivity contribution in [2.45, 2.75) is 52.6 Å². The van der Waals surface area contributed by atoms with Crippen molar-refractivity contribution < 1.29 is 9.59 Å². The van der Waals surface area contributed by atoms with Crippen molar-refractivity contribution in [2.75, 3.05) is 6.54 Å². The van der Waals surface area contributed by atoms with E-state index in [-0.39, 0.29) is 11.8 Å². The highest BCUT2D eigenvalue weighted by Crippen LogP contribution is 2.24. The van der Waals surface area contributed by atoms with E-state index in [0.717, 1.165) is 17.5 Å². The Hall–Kier alpha value is -2.04. The third-order valence-electron chi connectivity index (χ3n) is 4.91. The summed E-state index contributed by atoms with van der Waals surface area (Å²) in [6.07, 6.45) is 1.94. The molecule has 1 atom stereocenters. The van der Waals surface area contributed by atoms with Gasteiger partial charge in [-0.05, 0) is 55.5 Å². The molecule has 0 saturated heterocycles. The standard InChI is InChI=1S/C23H28Cl2N2O2/c1-4-17-6-8-18(9-7-17)11-13-22(28)27(16(3)23(29)26-5-2)15-19-10-12-20(24)21(25)14-19/h6-10,12,14,16H,4-5,11,13,15H2,1-3H3,(H,26,29)/t16-/m1/s1. The first-order chi connectivity index (χ1) is 13.8. The number of halogens is 2. The Kier molecular flexibility index (Phi) is 8.99. The van der Waals surface area contributed by atoms with Crippen molar-refractivity contribution in [3.05, 3.63) is 69.2 Å². The summed E-state index contributed by atoms with van der Waals surface area (Å²) >= 11 is 12.1. The predicted molar refractivity (Wildman–Crippen MR) is 119 cm³/mol. The van der Waals surface area contributed by atoms with E-state index in [4.69, 9.17) is 23.2 Å². The van der Waals surface area contributed by atoms with Crippen molar-refractivity contribution in [1.82, 2.24) is 10.2 Å². The molecular weight excluding hydrogens is 407 g/mol. The largest absolute Gasteiger partial charge is 0.355 e. The number of nitrogens with zero attached hydrogens (tertiary/aromatic N) is 1. The molecule has 0 unspecified atom stereocenters. The van der Waals surface area contributed by atoms with E-state index in [0.29, 0.717) is 36.0 Å². The Morgan fingerprint density at radius 3 is 2.17 bits per heavy atom. The van der Waals surface area contributed by atoms with Crippen LogP contribution in [0.25, 0.3) is 0 Å². The summed E-state index contributed by atoms with van der Waals surface area (Å²) in [4.78, 5) is 27.0. The minimum atomic E-state index is -0.584. The van der Waals surface area contributed by atoms with E-state index in [1.807, 2.05) is 13.0 Å². The molecule has 0 aliphatic carbocycles. The van der Waals surface area contributed by atoms with Crippen LogP contribution in [0, 0.1) is 0 Å². The van der Waals surface area contributed by atoms with Gasteiger partial charge >= 0.3 is 0 Å². The number of likely N-dealkylation sites (N-methyl/N-ethyl adjacent to an activating group) is 1. The lowest BCUT2D eigenvalue weighted by Crippen LogP contribution is -2.47. The minimum absolute atomic E-state index is 0.0746. The monoisotopic (exact) mass is 434 g/mol. The molecule has 6 heteroatoms. The molecule has 2 rings (SSSR count). The second-order valence-electron chi connectivity index (χ2n) is 7.01. The molecule has 0 aromatic heterocycles. The Morgan fingerprint density at radius 1 is 0.966 bits per heavy atom. The van der Waals surface area contributed by atoms with Gasteiger partial charge in [-0.25, -0.2) is 0 Å². The third kappa shape index (κ3) is 6.76. The van der Waals surface area contributed by atoms with Crippen molar-refractivity contribution in [3.63, 3.8) is 0 Å². The smallest absolute Gasteiger partial charge is 0.242 e. The number of hydrogen-bond donors (Lipinski definition) is 1. The molecule has 0 fully saturated rings. The van der Waals surface area contributed by atoms with Crippen molar-refractivity contribution in [3.8, 4) is 0 Å². The molecule has 2 amide bonds. The van der Waals surface area contributed by atoms with Crippen LogP contribution in [0.15, 0.2) is 42.5 Å². The maximum atomic E-state index is 13.0. The Labute approximate surface area is 183 Å². The first-order valence-corrected chi connectivity index (χ1v) is 10.7. The number of carbonyl (C=O) groups is 2. The average molecular weight is 435 g/mol. The van der Waals surface area contributed by atoms with Gasteiger partial charge in [-0.15, -0.1) is 0 Å². The molecule has 4 nitrogen and oxygen atoms in total. The SMILES string of the molecule is CCNC(=O)[C@@H](C)N(Cc1ccc(Cl)c(Cl)c1)C(=O)CCc1ccc(CC)cc1. The van der Waals surface area contributed by atoms with Crippen molar-refractivity contribution >= 4 is 35.0 Å². The second kappa shape index (κ2) is 11.2. The molecule has 2 aromatic carbocycles. The highest BCUT2D eigenvalue weighted by atomic mass is 35.5. The molecule has 0 saturated carbocycles. The van der Waals surface area contributed by atoms with Crippen LogP contribution >= 0.6 is 23.2 Å². The van der Waals surface area contributed by atoms with Gasteiger partial charge in [0.25, 0.3) is 0 Å². The Bertz CT molecular complexity index is 837. The Balaban J connectivity index is 2.14. The highest BCUT2D eigenvalue weighted by Gasteiger charge is 2.25. The third-order valence-corrected chi connectivity index (χ3v) is 5.65. The summed E-state index contributed by atoms with van der Waals surface area (Å²) in [7, 11) is 0. The molecule has 0 spiro atoms. The zero-order valence-electron chi connectivity index (χ0n) is 17.2. The van der Waals surface area contributed by atoms with E-state index in [1.165, 1.54) is 5.56 Å². The van der Waals surface area contributed by atoms with Crippen LogP contribution in [-0.2, 0) is 29.0 Å². The lowest BCUT2D eigenvalue weighted by molar-refractivity contribution is -0.140. The maximum absolute atomic E-state index is 13.0. The van der Waals surface area contributed by atoms with Crippen LogP contribution < -0.4 is 5.32 Å². The summed E-state index contributed by atoms with van der Waals surface area (Å²) in [6, 6.07) is 13.0. The molecule has 0 aliphatic heterocycles. The van der Waals surface area contributed by atoms with E-state index in [9.17, 15) is 9.59 Å². The summed E-state index contributed by atoms with van der Waals surface area (Å²) in [6.45, 7) is 6.53. The van der Waals surface area contributed by atoms with E-state index < -0.39 is 6.04 Å². The van der Waals surface area contributed by atoms with Gasteiger partial charge in [0.05, 0.1) is 10.0 Å². The molecule has 0 radical (unpaired) electrons. The van der Waals surface area contributed by atoms with Gasteiger partial charge in [-0.2, -0.15) is 0 Å². The summed E-state index contributed by atoms with van der Waals surface area (Å²) < 4.78 is 0. The Morgan fingerprint density at radius 2 is 1.59 bits per heavy atom. The van der Waals surface area contributed by atoms with Gasteiger partial charge in [0, 0.05) is 19.5 Å². The molecule has 2 aromatic rings. The number of carbonyl (C=O) groups excluding carboxylic acids is 2. The van der Waals surface area contributed by atoms with Gasteiger partial charge < -0.3 is 10.2 Å². The van der Waals surface area contributed by atoms with Crippen LogP contribution in [0.2, 0.25) is 10.0 Å². The molecular formula is C23H28Cl2N2O2. The number of aryl methyl sites for hydroxylation is 2. The van der Waals surface area contributed by atoms with E-state index in [1.54, 1.807) is 24.0 Å². The number of nitrogens with one attached hydrogen (secondary N) is 1. The quantitative estimate of drug-likeness (QED) is 0.600. The molecule has 0 bridgehead atoms. The molecule has 1 N–H and O–H groups in total. The fraction of sp³-hybridized carbons (Fsp3) is 0.391. The van der Waals surface area contributed by atoms with Gasteiger partial charge in [-0.1, -0.05) is 60.5 Å². The minimum Gasteiger partial charge on any atom is -0.355 e. The lowest BCUT2D eigenvalue weighted by atomic mass is 10.0. The maximum Gasteiger partial charge on any atom is 0.242 e. The normalized spacial score (nSPS) is 11.8. The summed E-state index contributed by atoms with van der Waals surface area (Å²) in [5, 5.41) is 3.68. The fourth-order valence-corrected chi connectivity index (χ4v) is 3.40. The number of benzene rings is 2. The van der Waals surface area contributed by atoms with E-state index >= 15 is 0 Å². The zero-order valence-corrected chi connectivity index (χ0v) is 18.7. The number of hydrogen-bond acceptors (Lipinski definition) is 2. The first-order valence-electron chi connectivity index (χ1n) is 9.94. The summed E-state index contributed by atoms with van der Waals surface area (Å²) in [5.41, 5.74) is 3.21.